The van der Waals surface area contributed by atoms with Crippen molar-refractivity contribution in [3.63, 3.8) is 0 Å². The third-order valence-corrected chi connectivity index (χ3v) is 21.1. The Morgan fingerprint density at radius 3 is 1.57 bits per heavy atom. The molecule has 0 fully saturated rings. The van der Waals surface area contributed by atoms with Crippen molar-refractivity contribution in [2.75, 3.05) is 60.9 Å². The van der Waals surface area contributed by atoms with Crippen LogP contribution in [0.25, 0.3) is 22.9 Å². The van der Waals surface area contributed by atoms with Crippen molar-refractivity contribution in [3.05, 3.63) is 238 Å². The maximum Gasteiger partial charge on any atom is 0.335 e. The number of carbonyl (C=O) groups is 4. The number of nitriles is 1. The maximum absolute atomic E-state index is 14.1. The van der Waals surface area contributed by atoms with Crippen molar-refractivity contribution >= 4 is 32.0 Å². The van der Waals surface area contributed by atoms with Gasteiger partial charge >= 0.3 is 5.97 Å². The van der Waals surface area contributed by atoms with Gasteiger partial charge in [0, 0.05) is 128 Å². The first-order valence-corrected chi connectivity index (χ1v) is 38.4. The van der Waals surface area contributed by atoms with Crippen molar-refractivity contribution in [1.82, 2.24) is 55.2 Å². The number of benzene rings is 3. The normalized spacial score (nSPS) is 11.6. The number of aliphatic hydroxyl groups is 2. The number of aromatic nitrogens is 6. The van der Waals surface area contributed by atoms with E-state index in [1.54, 1.807) is 83.4 Å². The molecule has 2 atom stereocenters. The standard InChI is InChI=1S/C36H44F2N6O4.C17H20N2O4.C12H22NO2Si.C9H11N3.C6H7NO/c1-5-10-44(11-6-2)36(47)28-18-26(17-27(19-28)35-41-9-12-48-35)34(46)42-32(16-25-13-29(37)20-30(38)14-25)33(45)22-39-21-31-15-24(7-8-40-31)23-43(3)4;1-3-6-19(7-4-2)16(20)13-9-12(15-18-5-8-23-15)10-14(11-13)17(21)22;1-12(2,3)16(4,5)15-10-11-6-8-13(14)9-7-11;1-12(2)7-8-3-4-11-9(5-8)6-10;8-5-6-1-3-7-4-2-6/h7-9,12-15,17-20,32-33,39,45H,5-6,10-11,16,21-23H2,1-4H3,(H,42,46);5,8-11H,3-4,6-7H2,1-2H3,(H,21,22);6-9,14H,10H2,1-5H3;3-5H,7H2,1-2H3;1-4,8H,5H2/q;;+1;;/t32-,33+;;;;/m0..../s1. The Bertz CT molecular complexity index is 4190. The number of pyridine rings is 4. The first-order valence-electron chi connectivity index (χ1n) is 35.5. The maximum atomic E-state index is 14.1. The van der Waals surface area contributed by atoms with E-state index in [4.69, 9.17) is 28.8 Å². The lowest BCUT2D eigenvalue weighted by atomic mass is 9.99. The number of rotatable bonds is 30. The molecule has 0 bridgehead atoms. The van der Waals surface area contributed by atoms with Gasteiger partial charge in [0.15, 0.2) is 8.32 Å². The van der Waals surface area contributed by atoms with Gasteiger partial charge in [-0.3, -0.25) is 29.6 Å². The molecule has 0 spiro atoms. The third kappa shape index (κ3) is 30.2. The molecule has 24 nitrogen and oxygen atoms in total. The van der Waals surface area contributed by atoms with E-state index in [-0.39, 0.29) is 64.6 Å². The molecule has 27 heteroatoms. The molecule has 6 heterocycles. The highest BCUT2D eigenvalue weighted by atomic mass is 28.4. The molecule has 0 radical (unpaired) electrons. The molecule has 572 valence electrons. The van der Waals surface area contributed by atoms with E-state index >= 15 is 0 Å². The van der Waals surface area contributed by atoms with Crippen molar-refractivity contribution in [1.29, 1.82) is 5.26 Å². The summed E-state index contributed by atoms with van der Waals surface area (Å²) in [4.78, 5) is 79.3. The minimum absolute atomic E-state index is 0.0389. The Morgan fingerprint density at radius 1 is 0.626 bits per heavy atom. The van der Waals surface area contributed by atoms with E-state index in [1.165, 1.54) is 55.3 Å². The highest BCUT2D eigenvalue weighted by Crippen LogP contribution is 2.37. The van der Waals surface area contributed by atoms with Crippen molar-refractivity contribution < 1.29 is 66.5 Å². The fourth-order valence-corrected chi connectivity index (χ4v) is 11.4. The van der Waals surface area contributed by atoms with Crippen LogP contribution in [0.2, 0.25) is 18.1 Å². The lowest BCUT2D eigenvalue weighted by Gasteiger charge is -2.36. The zero-order valence-corrected chi connectivity index (χ0v) is 64.7. The van der Waals surface area contributed by atoms with Gasteiger partial charge in [-0.1, -0.05) is 48.5 Å². The van der Waals surface area contributed by atoms with Gasteiger partial charge < -0.3 is 58.8 Å². The van der Waals surface area contributed by atoms with E-state index in [0.717, 1.165) is 77.5 Å². The predicted octanol–water partition coefficient (Wildman–Crippen LogP) is 12.5. The van der Waals surface area contributed by atoms with E-state index in [1.807, 2.05) is 97.2 Å². The lowest BCUT2D eigenvalue weighted by Crippen LogP contribution is -2.48. The molecule has 0 saturated carbocycles. The van der Waals surface area contributed by atoms with Crippen LogP contribution in [0.15, 0.2) is 174 Å². The Hall–Kier alpha value is -10.3. The smallest absolute Gasteiger partial charge is 0.335 e. The second-order valence-electron chi connectivity index (χ2n) is 27.4. The summed E-state index contributed by atoms with van der Waals surface area (Å²) in [5.74, 6) is -3.10. The summed E-state index contributed by atoms with van der Waals surface area (Å²) in [6.07, 6.45) is 17.7. The number of carboxylic acids is 1. The number of halogens is 2. The average molecular weight is 1490 g/mol. The van der Waals surface area contributed by atoms with Crippen LogP contribution < -0.4 is 15.4 Å². The molecule has 3 amide bonds. The molecular formula is C80H104F2N13O11Si+. The fraction of sp³-hybridized carbons (Fsp3) is 0.388. The summed E-state index contributed by atoms with van der Waals surface area (Å²) in [7, 11) is 6.27. The number of oxazole rings is 2. The fourth-order valence-electron chi connectivity index (χ4n) is 10.4. The SMILES string of the molecule is CC(C)(C)[Si](C)(C)OCc1cc[n+](O)cc1.CCCN(CCC)C(=O)c1cc(C(=O)N[C@@H](Cc2cc(F)cc(F)c2)[C@H](O)CNCc2cc(CN(C)C)ccn2)cc(-c2ncco2)c1.CCCN(CCC)C(=O)c1cc(C(=O)O)cc(-c2ncco2)c1.CN(C)Cc1ccnc(C#N)c1.OCc1ccncc1. The van der Waals surface area contributed by atoms with Crippen molar-refractivity contribution in [2.45, 2.75) is 144 Å². The molecule has 9 rings (SSSR count). The summed E-state index contributed by atoms with van der Waals surface area (Å²) in [6, 6.07) is 28.2. The average Bonchev–Trinajstić information content (AvgIpc) is 1.75. The van der Waals surface area contributed by atoms with Gasteiger partial charge in [0.2, 0.25) is 24.2 Å². The summed E-state index contributed by atoms with van der Waals surface area (Å²) in [6.45, 7) is 24.2. The summed E-state index contributed by atoms with van der Waals surface area (Å²) < 4.78 is 46.0. The van der Waals surface area contributed by atoms with Gasteiger partial charge in [-0.25, -0.2) is 28.5 Å². The lowest BCUT2D eigenvalue weighted by molar-refractivity contribution is -0.904. The number of aromatic carboxylic acids is 1. The molecule has 107 heavy (non-hydrogen) atoms. The van der Waals surface area contributed by atoms with Gasteiger partial charge in [-0.15, -0.1) is 0 Å². The van der Waals surface area contributed by atoms with Gasteiger partial charge in [0.25, 0.3) is 17.7 Å². The summed E-state index contributed by atoms with van der Waals surface area (Å²) in [5, 5.41) is 53.0. The van der Waals surface area contributed by atoms with Crippen molar-refractivity contribution in [2.24, 2.45) is 0 Å². The second kappa shape index (κ2) is 44.6. The number of carbonyl (C=O) groups excluding carboxylic acids is 3. The molecule has 9 aromatic rings. The summed E-state index contributed by atoms with van der Waals surface area (Å²) >= 11 is 0. The van der Waals surface area contributed by atoms with Crippen molar-refractivity contribution in [3.8, 4) is 29.0 Å². The minimum atomic E-state index is -1.67. The number of nitrogens with zero attached hydrogens (tertiary/aromatic N) is 11. The number of amides is 3. The van der Waals surface area contributed by atoms with E-state index in [9.17, 15) is 38.2 Å². The molecule has 0 unspecified atom stereocenters. The number of carboxylic acid groups (broad SMARTS) is 1. The van der Waals surface area contributed by atoms with Crippen LogP contribution >= 0.6 is 0 Å². The van der Waals surface area contributed by atoms with Crippen LogP contribution in [0.5, 0.6) is 0 Å². The number of aliphatic hydroxyl groups excluding tert-OH is 2. The van der Waals surface area contributed by atoms with E-state index in [2.05, 4.69) is 74.3 Å². The Kier molecular flexibility index (Phi) is 36.4. The largest absolute Gasteiger partial charge is 0.478 e. The highest BCUT2D eigenvalue weighted by molar-refractivity contribution is 6.74. The zero-order chi connectivity index (χ0) is 78.6. The number of nitrogens with one attached hydrogen (secondary N) is 2. The number of hydrogen-bond acceptors (Lipinski definition) is 19. The van der Waals surface area contributed by atoms with Gasteiger partial charge in [-0.05, 0) is 191 Å². The Morgan fingerprint density at radius 2 is 1.11 bits per heavy atom. The van der Waals surface area contributed by atoms with Crippen LogP contribution in [0.3, 0.4) is 0 Å². The molecular weight excluding hydrogens is 1390 g/mol. The highest BCUT2D eigenvalue weighted by Gasteiger charge is 2.37. The molecule has 6 N–H and O–H groups in total. The molecule has 0 aliphatic rings. The monoisotopic (exact) mass is 1490 g/mol. The van der Waals surface area contributed by atoms with Crippen LogP contribution in [-0.2, 0) is 43.7 Å². The Labute approximate surface area is 627 Å². The molecule has 3 aromatic carbocycles. The Balaban J connectivity index is 0.000000284. The van der Waals surface area contributed by atoms with Crippen LogP contribution in [0.4, 0.5) is 8.78 Å². The minimum Gasteiger partial charge on any atom is -0.478 e. The van der Waals surface area contributed by atoms with Crippen LogP contribution in [0.1, 0.15) is 155 Å². The van der Waals surface area contributed by atoms with Crippen LogP contribution in [0, 0.1) is 23.0 Å². The summed E-state index contributed by atoms with van der Waals surface area (Å²) in [5.41, 5.74) is 7.41. The van der Waals surface area contributed by atoms with Gasteiger partial charge in [0.05, 0.1) is 49.0 Å². The van der Waals surface area contributed by atoms with Crippen LogP contribution in [-0.4, -0.2) is 170 Å². The van der Waals surface area contributed by atoms with Gasteiger partial charge in [-0.2, -0.15) is 5.26 Å². The molecule has 6 aromatic heterocycles. The topological polar surface area (TPSA) is 314 Å². The third-order valence-electron chi connectivity index (χ3n) is 16.6. The van der Waals surface area contributed by atoms with E-state index in [0.29, 0.717) is 67.6 Å². The molecule has 0 aliphatic carbocycles. The second-order valence-corrected chi connectivity index (χ2v) is 32.2. The quantitative estimate of drug-likeness (QED) is 0.0138. The van der Waals surface area contributed by atoms with E-state index < -0.39 is 44.0 Å². The zero-order valence-electron chi connectivity index (χ0n) is 63.7. The predicted molar refractivity (Wildman–Crippen MR) is 407 cm³/mol. The first kappa shape index (κ1) is 87.3. The molecule has 0 aliphatic heterocycles. The first-order chi connectivity index (χ1) is 51.0. The van der Waals surface area contributed by atoms with Gasteiger partial charge in [0.1, 0.15) is 35.9 Å². The molecule has 0 saturated heterocycles. The number of hydrogen-bond donors (Lipinski definition) is 6.